The average Bonchev–Trinajstić information content (AvgIpc) is 2.30. The highest BCUT2D eigenvalue weighted by Gasteiger charge is 2.28. The topological polar surface area (TPSA) is 32.9 Å². The second-order valence-electron chi connectivity index (χ2n) is 6.25. The molecule has 0 saturated carbocycles. The van der Waals surface area contributed by atoms with E-state index in [9.17, 15) is 4.79 Å². The molecule has 1 aromatic heterocycles. The summed E-state index contributed by atoms with van der Waals surface area (Å²) in [6.45, 7) is 6.51. The van der Waals surface area contributed by atoms with Crippen molar-refractivity contribution in [1.82, 2.24) is 4.98 Å². The lowest BCUT2D eigenvalue weighted by atomic mass is 9.75. The predicted molar refractivity (Wildman–Crippen MR) is 75.1 cm³/mol. The van der Waals surface area contributed by atoms with Gasteiger partial charge >= 0.3 is 0 Å². The minimum atomic E-state index is 0.240. The van der Waals surface area contributed by atoms with Gasteiger partial charge in [0.1, 0.15) is 0 Å². The summed E-state index contributed by atoms with van der Waals surface area (Å²) in [6, 6.07) is 6.02. The van der Waals surface area contributed by atoms with Crippen LogP contribution < -0.4 is 5.43 Å². The second-order valence-corrected chi connectivity index (χ2v) is 6.25. The summed E-state index contributed by atoms with van der Waals surface area (Å²) in [4.78, 5) is 16.1. The van der Waals surface area contributed by atoms with Crippen molar-refractivity contribution in [3.63, 3.8) is 0 Å². The molecule has 1 heterocycles. The molecule has 3 rings (SSSR count). The van der Waals surface area contributed by atoms with Crippen LogP contribution in [0.5, 0.6) is 0 Å². The number of aryl methyl sites for hydroxylation is 2. The number of fused-ring (bicyclic) bond motifs is 2. The van der Waals surface area contributed by atoms with Gasteiger partial charge in [0.05, 0.1) is 0 Å². The average molecular weight is 241 g/mol. The maximum Gasteiger partial charge on any atom is 0.193 e. The van der Waals surface area contributed by atoms with Crippen molar-refractivity contribution >= 4 is 10.9 Å². The summed E-state index contributed by atoms with van der Waals surface area (Å²) in [6.07, 6.45) is 3.02. The highest BCUT2D eigenvalue weighted by Crippen LogP contribution is 2.33. The number of pyridine rings is 1. The van der Waals surface area contributed by atoms with Crippen molar-refractivity contribution < 1.29 is 0 Å². The summed E-state index contributed by atoms with van der Waals surface area (Å²) in [5.74, 6) is 0. The number of rotatable bonds is 0. The monoisotopic (exact) mass is 241 g/mol. The Labute approximate surface area is 107 Å². The number of benzene rings is 1. The zero-order valence-corrected chi connectivity index (χ0v) is 11.3. The molecule has 0 bridgehead atoms. The third kappa shape index (κ3) is 1.67. The molecule has 2 heteroatoms. The van der Waals surface area contributed by atoms with Crippen molar-refractivity contribution in [3.05, 3.63) is 45.2 Å². The van der Waals surface area contributed by atoms with Gasteiger partial charge in [0.2, 0.25) is 0 Å². The van der Waals surface area contributed by atoms with Crippen LogP contribution in [-0.4, -0.2) is 4.98 Å². The normalized spacial score (nSPS) is 17.7. The molecule has 1 aromatic carbocycles. The van der Waals surface area contributed by atoms with Crippen LogP contribution in [0.1, 0.15) is 37.1 Å². The predicted octanol–water partition coefficient (Wildman–Crippen LogP) is 3.35. The van der Waals surface area contributed by atoms with Crippen LogP contribution in [0.3, 0.4) is 0 Å². The number of aromatic amines is 1. The van der Waals surface area contributed by atoms with E-state index in [0.29, 0.717) is 0 Å². The van der Waals surface area contributed by atoms with E-state index in [2.05, 4.69) is 18.8 Å². The molecular weight excluding hydrogens is 222 g/mol. The molecule has 2 aromatic rings. The lowest BCUT2D eigenvalue weighted by molar-refractivity contribution is 0.312. The molecule has 1 aliphatic carbocycles. The highest BCUT2D eigenvalue weighted by molar-refractivity contribution is 5.82. The first-order chi connectivity index (χ1) is 8.48. The molecule has 0 amide bonds. The number of aromatic nitrogens is 1. The molecule has 0 atom stereocenters. The van der Waals surface area contributed by atoms with Crippen LogP contribution in [0, 0.1) is 12.3 Å². The van der Waals surface area contributed by atoms with Gasteiger partial charge in [-0.15, -0.1) is 0 Å². The third-order valence-electron chi connectivity index (χ3n) is 4.13. The van der Waals surface area contributed by atoms with Gasteiger partial charge in [-0.25, -0.2) is 0 Å². The van der Waals surface area contributed by atoms with E-state index >= 15 is 0 Å². The van der Waals surface area contributed by atoms with Gasteiger partial charge in [0, 0.05) is 22.2 Å². The molecule has 2 nitrogen and oxygen atoms in total. The SMILES string of the molecule is Cc1cccc2[nH]c3c(c(=O)c12)CC(C)(C)CC3. The number of H-pyrrole nitrogens is 1. The molecule has 0 aliphatic heterocycles. The number of hydrogen-bond donors (Lipinski definition) is 1. The van der Waals surface area contributed by atoms with E-state index in [4.69, 9.17) is 0 Å². The zero-order chi connectivity index (χ0) is 12.9. The Morgan fingerprint density at radius 3 is 2.83 bits per heavy atom. The highest BCUT2D eigenvalue weighted by atomic mass is 16.1. The summed E-state index contributed by atoms with van der Waals surface area (Å²) >= 11 is 0. The molecule has 0 fully saturated rings. The summed E-state index contributed by atoms with van der Waals surface area (Å²) in [7, 11) is 0. The molecule has 0 radical (unpaired) electrons. The quantitative estimate of drug-likeness (QED) is 0.753. The fraction of sp³-hybridized carbons (Fsp3) is 0.438. The van der Waals surface area contributed by atoms with Gasteiger partial charge in [0.25, 0.3) is 0 Å². The standard InChI is InChI=1S/C16H19NO/c1-10-5-4-6-13-14(10)15(18)11-9-16(2,3)8-7-12(11)17-13/h4-6H,7-9H2,1-3H3,(H,17,18). The van der Waals surface area contributed by atoms with E-state index in [1.807, 2.05) is 25.1 Å². The smallest absolute Gasteiger partial charge is 0.193 e. The van der Waals surface area contributed by atoms with Gasteiger partial charge in [-0.1, -0.05) is 26.0 Å². The second kappa shape index (κ2) is 3.71. The molecular formula is C16H19NO. The summed E-state index contributed by atoms with van der Waals surface area (Å²) in [5.41, 5.74) is 4.70. The molecule has 18 heavy (non-hydrogen) atoms. The fourth-order valence-corrected chi connectivity index (χ4v) is 3.03. The van der Waals surface area contributed by atoms with Crippen LogP contribution in [-0.2, 0) is 12.8 Å². The number of nitrogens with one attached hydrogen (secondary N) is 1. The van der Waals surface area contributed by atoms with Gasteiger partial charge < -0.3 is 4.98 Å². The maximum atomic E-state index is 12.7. The van der Waals surface area contributed by atoms with Crippen LogP contribution in [0.25, 0.3) is 10.9 Å². The van der Waals surface area contributed by atoms with Crippen molar-refractivity contribution in [1.29, 1.82) is 0 Å². The van der Waals surface area contributed by atoms with Crippen LogP contribution >= 0.6 is 0 Å². The Morgan fingerprint density at radius 1 is 1.28 bits per heavy atom. The Hall–Kier alpha value is -1.57. The molecule has 1 aliphatic rings. The first kappa shape index (κ1) is 11.5. The molecule has 1 N–H and O–H groups in total. The Morgan fingerprint density at radius 2 is 2.06 bits per heavy atom. The maximum absolute atomic E-state index is 12.7. The van der Waals surface area contributed by atoms with Crippen molar-refractivity contribution in [2.75, 3.05) is 0 Å². The van der Waals surface area contributed by atoms with Gasteiger partial charge in [-0.2, -0.15) is 0 Å². The zero-order valence-electron chi connectivity index (χ0n) is 11.3. The van der Waals surface area contributed by atoms with Gasteiger partial charge in [0.15, 0.2) is 5.43 Å². The fourth-order valence-electron chi connectivity index (χ4n) is 3.03. The van der Waals surface area contributed by atoms with Crippen molar-refractivity contribution in [3.8, 4) is 0 Å². The molecule has 0 saturated heterocycles. The lowest BCUT2D eigenvalue weighted by Crippen LogP contribution is -2.29. The third-order valence-corrected chi connectivity index (χ3v) is 4.13. The summed E-state index contributed by atoms with van der Waals surface area (Å²) < 4.78 is 0. The summed E-state index contributed by atoms with van der Waals surface area (Å²) in [5, 5.41) is 0.869. The Bertz CT molecular complexity index is 679. The van der Waals surface area contributed by atoms with E-state index in [0.717, 1.165) is 47.0 Å². The van der Waals surface area contributed by atoms with E-state index in [-0.39, 0.29) is 10.8 Å². The van der Waals surface area contributed by atoms with Gasteiger partial charge in [-0.3, -0.25) is 4.79 Å². The lowest BCUT2D eigenvalue weighted by Gasteiger charge is -2.30. The van der Waals surface area contributed by atoms with E-state index in [1.165, 1.54) is 0 Å². The van der Waals surface area contributed by atoms with E-state index in [1.54, 1.807) is 0 Å². The van der Waals surface area contributed by atoms with Crippen LogP contribution in [0.15, 0.2) is 23.0 Å². The first-order valence-electron chi connectivity index (χ1n) is 6.61. The minimum absolute atomic E-state index is 0.240. The van der Waals surface area contributed by atoms with Crippen molar-refractivity contribution in [2.45, 2.75) is 40.0 Å². The largest absolute Gasteiger partial charge is 0.358 e. The van der Waals surface area contributed by atoms with Crippen LogP contribution in [0.2, 0.25) is 0 Å². The molecule has 0 spiro atoms. The molecule has 94 valence electrons. The van der Waals surface area contributed by atoms with Gasteiger partial charge in [-0.05, 0) is 43.2 Å². The van der Waals surface area contributed by atoms with Crippen LogP contribution in [0.4, 0.5) is 0 Å². The Balaban J connectivity index is 2.35. The minimum Gasteiger partial charge on any atom is -0.358 e. The Kier molecular flexibility index (Phi) is 2.37. The van der Waals surface area contributed by atoms with E-state index < -0.39 is 0 Å². The number of hydrogen-bond acceptors (Lipinski definition) is 1. The van der Waals surface area contributed by atoms with Crippen molar-refractivity contribution in [2.24, 2.45) is 5.41 Å². The first-order valence-corrected chi connectivity index (χ1v) is 6.61. The molecule has 0 unspecified atom stereocenters.